The number of nitrogens with one attached hydrogen (secondary N) is 1. The maximum absolute atomic E-state index is 4.93. The molecule has 8 heteroatoms. The zero-order valence-electron chi connectivity index (χ0n) is 17.4. The van der Waals surface area contributed by atoms with Gasteiger partial charge in [0.1, 0.15) is 12.1 Å². The van der Waals surface area contributed by atoms with Gasteiger partial charge in [0.05, 0.1) is 5.69 Å². The summed E-state index contributed by atoms with van der Waals surface area (Å²) in [4.78, 5) is 13.7. The second-order valence-corrected chi connectivity index (χ2v) is 7.43. The van der Waals surface area contributed by atoms with E-state index in [1.54, 1.807) is 6.26 Å². The van der Waals surface area contributed by atoms with Crippen LogP contribution in [0.4, 0.5) is 0 Å². The van der Waals surface area contributed by atoms with Crippen LogP contribution in [-0.4, -0.2) is 70.2 Å². The van der Waals surface area contributed by atoms with Crippen LogP contribution in [0.3, 0.4) is 0 Å². The quantitative estimate of drug-likeness (QED) is 0.476. The third kappa shape index (κ3) is 5.27. The number of hydrogen-bond acceptors (Lipinski definition) is 5. The van der Waals surface area contributed by atoms with E-state index in [-0.39, 0.29) is 0 Å². The number of aromatic nitrogens is 3. The van der Waals surface area contributed by atoms with Crippen molar-refractivity contribution in [2.75, 3.05) is 39.8 Å². The SMILES string of the molecule is CN=C(NCCc1nccn1Cc1ccccc1)N1CCN(Cc2ccon2)CC1. The van der Waals surface area contributed by atoms with Crippen molar-refractivity contribution in [2.45, 2.75) is 19.5 Å². The minimum Gasteiger partial charge on any atom is -0.364 e. The lowest BCUT2D eigenvalue weighted by Gasteiger charge is -2.36. The second-order valence-electron chi connectivity index (χ2n) is 7.43. The smallest absolute Gasteiger partial charge is 0.193 e. The normalized spacial score (nSPS) is 15.5. The number of nitrogens with zero attached hydrogens (tertiary/aromatic N) is 6. The maximum atomic E-state index is 4.93. The molecule has 30 heavy (non-hydrogen) atoms. The Morgan fingerprint density at radius 3 is 2.67 bits per heavy atom. The molecule has 158 valence electrons. The average molecular weight is 408 g/mol. The highest BCUT2D eigenvalue weighted by Crippen LogP contribution is 2.08. The zero-order valence-corrected chi connectivity index (χ0v) is 17.4. The van der Waals surface area contributed by atoms with Crippen molar-refractivity contribution >= 4 is 5.96 Å². The lowest BCUT2D eigenvalue weighted by atomic mass is 10.2. The molecule has 0 atom stereocenters. The van der Waals surface area contributed by atoms with Crippen LogP contribution < -0.4 is 5.32 Å². The van der Waals surface area contributed by atoms with E-state index in [1.807, 2.05) is 31.6 Å². The first kappa shape index (κ1) is 20.2. The number of benzene rings is 1. The number of aliphatic imine (C=N–C) groups is 1. The molecule has 4 rings (SSSR count). The third-order valence-electron chi connectivity index (χ3n) is 5.39. The molecule has 1 aliphatic rings. The minimum absolute atomic E-state index is 0.803. The topological polar surface area (TPSA) is 74.7 Å². The van der Waals surface area contributed by atoms with Crippen molar-refractivity contribution in [3.05, 3.63) is 72.1 Å². The van der Waals surface area contributed by atoms with Crippen molar-refractivity contribution in [1.29, 1.82) is 0 Å². The largest absolute Gasteiger partial charge is 0.364 e. The van der Waals surface area contributed by atoms with Crippen LogP contribution in [0.25, 0.3) is 0 Å². The summed E-state index contributed by atoms with van der Waals surface area (Å²) in [5.74, 6) is 2.04. The molecule has 1 N–H and O–H groups in total. The van der Waals surface area contributed by atoms with Gasteiger partial charge in [-0.3, -0.25) is 9.89 Å². The molecule has 3 heterocycles. The van der Waals surface area contributed by atoms with E-state index < -0.39 is 0 Å². The van der Waals surface area contributed by atoms with Gasteiger partial charge in [-0.05, 0) is 5.56 Å². The van der Waals surface area contributed by atoms with Gasteiger partial charge in [0.25, 0.3) is 0 Å². The standard InChI is InChI=1S/C22H29N7O/c1-23-22(28-14-12-27(13-15-28)18-20-8-16-30-26-20)25-9-7-21-24-10-11-29(21)17-19-5-3-2-4-6-19/h2-6,8,10-11,16H,7,9,12-15,17-18H2,1H3,(H,23,25). The van der Waals surface area contributed by atoms with Crippen molar-refractivity contribution in [2.24, 2.45) is 4.99 Å². The monoisotopic (exact) mass is 407 g/mol. The number of rotatable bonds is 7. The molecule has 0 radical (unpaired) electrons. The summed E-state index contributed by atoms with van der Waals surface area (Å²) in [7, 11) is 1.85. The summed E-state index contributed by atoms with van der Waals surface area (Å²) in [6.07, 6.45) is 6.40. The van der Waals surface area contributed by atoms with E-state index in [4.69, 9.17) is 4.52 Å². The Hall–Kier alpha value is -3.13. The summed E-state index contributed by atoms with van der Waals surface area (Å²) in [5, 5.41) is 7.51. The molecule has 0 spiro atoms. The van der Waals surface area contributed by atoms with Gasteiger partial charge in [-0.1, -0.05) is 35.5 Å². The van der Waals surface area contributed by atoms with Crippen LogP contribution in [0.2, 0.25) is 0 Å². The van der Waals surface area contributed by atoms with Crippen LogP contribution in [0.15, 0.2) is 64.6 Å². The Morgan fingerprint density at radius 1 is 1.10 bits per heavy atom. The van der Waals surface area contributed by atoms with Crippen molar-refractivity contribution in [3.63, 3.8) is 0 Å². The van der Waals surface area contributed by atoms with E-state index in [0.29, 0.717) is 0 Å². The fourth-order valence-corrected chi connectivity index (χ4v) is 3.78. The van der Waals surface area contributed by atoms with Gasteiger partial charge in [0, 0.05) is 77.7 Å². The lowest BCUT2D eigenvalue weighted by molar-refractivity contribution is 0.169. The van der Waals surface area contributed by atoms with E-state index in [2.05, 4.69) is 59.1 Å². The van der Waals surface area contributed by atoms with Gasteiger partial charge in [0.2, 0.25) is 0 Å². The lowest BCUT2D eigenvalue weighted by Crippen LogP contribution is -2.52. The van der Waals surface area contributed by atoms with E-state index in [9.17, 15) is 0 Å². The van der Waals surface area contributed by atoms with Gasteiger partial charge in [0.15, 0.2) is 5.96 Å². The Balaban J connectivity index is 1.23. The molecule has 3 aromatic rings. The molecule has 2 aromatic heterocycles. The first-order valence-electron chi connectivity index (χ1n) is 10.4. The van der Waals surface area contributed by atoms with Gasteiger partial charge in [-0.15, -0.1) is 0 Å². The molecule has 1 fully saturated rings. The van der Waals surface area contributed by atoms with E-state index in [0.717, 1.165) is 69.7 Å². The van der Waals surface area contributed by atoms with Gasteiger partial charge >= 0.3 is 0 Å². The summed E-state index contributed by atoms with van der Waals surface area (Å²) < 4.78 is 7.14. The Labute approximate surface area is 177 Å². The van der Waals surface area contributed by atoms with Gasteiger partial charge in [-0.25, -0.2) is 4.98 Å². The summed E-state index contributed by atoms with van der Waals surface area (Å²) in [6, 6.07) is 12.4. The molecule has 0 amide bonds. The highest BCUT2D eigenvalue weighted by Gasteiger charge is 2.20. The number of imidazole rings is 1. The van der Waals surface area contributed by atoms with Crippen LogP contribution in [0, 0.1) is 0 Å². The van der Waals surface area contributed by atoms with Gasteiger partial charge in [-0.2, -0.15) is 0 Å². The highest BCUT2D eigenvalue weighted by molar-refractivity contribution is 5.80. The highest BCUT2D eigenvalue weighted by atomic mass is 16.5. The molecule has 0 aliphatic carbocycles. The molecule has 1 saturated heterocycles. The molecule has 0 bridgehead atoms. The molecule has 8 nitrogen and oxygen atoms in total. The maximum Gasteiger partial charge on any atom is 0.193 e. The van der Waals surface area contributed by atoms with Crippen molar-refractivity contribution in [1.82, 2.24) is 29.8 Å². The average Bonchev–Trinajstić information content (AvgIpc) is 3.45. The first-order chi connectivity index (χ1) is 14.8. The number of guanidine groups is 1. The Kier molecular flexibility index (Phi) is 6.76. The van der Waals surface area contributed by atoms with Crippen molar-refractivity contribution < 1.29 is 4.52 Å². The molecular weight excluding hydrogens is 378 g/mol. The van der Waals surface area contributed by atoms with Crippen LogP contribution >= 0.6 is 0 Å². The second kappa shape index (κ2) is 10.1. The Bertz CT molecular complexity index is 912. The molecule has 0 saturated carbocycles. The van der Waals surface area contributed by atoms with E-state index >= 15 is 0 Å². The predicted molar refractivity (Wildman–Crippen MR) is 116 cm³/mol. The predicted octanol–water partition coefficient (Wildman–Crippen LogP) is 1.86. The van der Waals surface area contributed by atoms with Gasteiger partial charge < -0.3 is 19.3 Å². The van der Waals surface area contributed by atoms with Crippen LogP contribution in [0.5, 0.6) is 0 Å². The Morgan fingerprint density at radius 2 is 1.93 bits per heavy atom. The summed E-state index contributed by atoms with van der Waals surface area (Å²) in [5.41, 5.74) is 2.26. The summed E-state index contributed by atoms with van der Waals surface area (Å²) in [6.45, 7) is 6.33. The fraction of sp³-hybridized carbons (Fsp3) is 0.409. The molecule has 1 aliphatic heterocycles. The van der Waals surface area contributed by atoms with Crippen LogP contribution in [0.1, 0.15) is 17.1 Å². The fourth-order valence-electron chi connectivity index (χ4n) is 3.78. The third-order valence-corrected chi connectivity index (χ3v) is 5.39. The van der Waals surface area contributed by atoms with Crippen molar-refractivity contribution in [3.8, 4) is 0 Å². The zero-order chi connectivity index (χ0) is 20.6. The number of hydrogen-bond donors (Lipinski definition) is 1. The van der Waals surface area contributed by atoms with Crippen LogP contribution in [-0.2, 0) is 19.5 Å². The first-order valence-corrected chi connectivity index (χ1v) is 10.4. The molecule has 0 unspecified atom stereocenters. The van der Waals surface area contributed by atoms with E-state index in [1.165, 1.54) is 5.56 Å². The minimum atomic E-state index is 0.803. The molecule has 1 aromatic carbocycles. The summed E-state index contributed by atoms with van der Waals surface area (Å²) >= 11 is 0. The number of piperazine rings is 1. The molecular formula is C22H29N7O.